The lowest BCUT2D eigenvalue weighted by Gasteiger charge is -2.21. The summed E-state index contributed by atoms with van der Waals surface area (Å²) in [5, 5.41) is 17.2. The molecule has 5 nitrogen and oxygen atoms in total. The molecule has 78 valence electrons. The first-order chi connectivity index (χ1) is 6.77. The first-order valence-corrected chi connectivity index (χ1v) is 4.95. The number of hydrogen-bond acceptors (Lipinski definition) is 4. The Labute approximate surface area is 82.7 Å². The summed E-state index contributed by atoms with van der Waals surface area (Å²) in [6.07, 6.45) is 3.38. The van der Waals surface area contributed by atoms with Crippen LogP contribution in [0, 0.1) is 0 Å². The summed E-state index contributed by atoms with van der Waals surface area (Å²) in [6.45, 7) is 3.22. The van der Waals surface area contributed by atoms with Gasteiger partial charge < -0.3 is 9.84 Å². The summed E-state index contributed by atoms with van der Waals surface area (Å²) >= 11 is 0. The van der Waals surface area contributed by atoms with E-state index in [1.165, 1.54) is 0 Å². The standard InChI is InChI=1S/C9H15N3O2/c1-7(13)9-5-12(11-10-9)8-3-2-4-14-6-8/h5,7-8,13H,2-4,6H2,1H3/t7-,8?/m1/s1. The second-order valence-electron chi connectivity index (χ2n) is 3.67. The molecule has 2 atom stereocenters. The maximum absolute atomic E-state index is 9.29. The summed E-state index contributed by atoms with van der Waals surface area (Å²) < 4.78 is 7.15. The van der Waals surface area contributed by atoms with Crippen LogP contribution in [0.4, 0.5) is 0 Å². The highest BCUT2D eigenvalue weighted by atomic mass is 16.5. The zero-order valence-electron chi connectivity index (χ0n) is 8.26. The van der Waals surface area contributed by atoms with Crippen molar-refractivity contribution in [3.63, 3.8) is 0 Å². The molecular weight excluding hydrogens is 182 g/mol. The molecule has 0 spiro atoms. The van der Waals surface area contributed by atoms with Crippen molar-refractivity contribution >= 4 is 0 Å². The third kappa shape index (κ3) is 1.93. The van der Waals surface area contributed by atoms with Crippen LogP contribution in [0.25, 0.3) is 0 Å². The van der Waals surface area contributed by atoms with Gasteiger partial charge >= 0.3 is 0 Å². The number of ether oxygens (including phenoxy) is 1. The molecule has 0 saturated carbocycles. The van der Waals surface area contributed by atoms with E-state index < -0.39 is 6.10 Å². The lowest BCUT2D eigenvalue weighted by Crippen LogP contribution is -2.21. The molecule has 5 heteroatoms. The van der Waals surface area contributed by atoms with Crippen molar-refractivity contribution in [3.05, 3.63) is 11.9 Å². The molecule has 0 bridgehead atoms. The van der Waals surface area contributed by atoms with Crippen LogP contribution in [0.2, 0.25) is 0 Å². The maximum atomic E-state index is 9.29. The average molecular weight is 197 g/mol. The monoisotopic (exact) mass is 197 g/mol. The molecule has 1 aliphatic rings. The van der Waals surface area contributed by atoms with E-state index in [1.54, 1.807) is 17.8 Å². The molecule has 1 aromatic heterocycles. The Balaban J connectivity index is 2.07. The zero-order valence-corrected chi connectivity index (χ0v) is 8.26. The van der Waals surface area contributed by atoms with Gasteiger partial charge in [-0.1, -0.05) is 5.21 Å². The maximum Gasteiger partial charge on any atom is 0.111 e. The van der Waals surface area contributed by atoms with Crippen LogP contribution < -0.4 is 0 Å². The fourth-order valence-electron chi connectivity index (χ4n) is 1.59. The van der Waals surface area contributed by atoms with E-state index in [0.717, 1.165) is 19.4 Å². The lowest BCUT2D eigenvalue weighted by molar-refractivity contribution is 0.0542. The molecule has 0 aliphatic carbocycles. The Kier molecular flexibility index (Phi) is 2.79. The molecule has 1 N–H and O–H groups in total. The van der Waals surface area contributed by atoms with Crippen molar-refractivity contribution < 1.29 is 9.84 Å². The van der Waals surface area contributed by atoms with Gasteiger partial charge in [-0.3, -0.25) is 0 Å². The van der Waals surface area contributed by atoms with Crippen LogP contribution in [-0.4, -0.2) is 33.3 Å². The summed E-state index contributed by atoms with van der Waals surface area (Å²) in [5.41, 5.74) is 0.621. The van der Waals surface area contributed by atoms with Gasteiger partial charge in [0.25, 0.3) is 0 Å². The quantitative estimate of drug-likeness (QED) is 0.757. The van der Waals surface area contributed by atoms with Crippen molar-refractivity contribution in [2.45, 2.75) is 31.9 Å². The van der Waals surface area contributed by atoms with Gasteiger partial charge in [0.15, 0.2) is 0 Å². The van der Waals surface area contributed by atoms with E-state index in [1.807, 2.05) is 0 Å². The minimum absolute atomic E-state index is 0.281. The summed E-state index contributed by atoms with van der Waals surface area (Å²) in [4.78, 5) is 0. The zero-order chi connectivity index (χ0) is 9.97. The molecule has 2 rings (SSSR count). The van der Waals surface area contributed by atoms with E-state index in [4.69, 9.17) is 4.74 Å². The molecule has 0 amide bonds. The van der Waals surface area contributed by atoms with E-state index in [0.29, 0.717) is 12.3 Å². The molecule has 1 saturated heterocycles. The molecule has 2 heterocycles. The smallest absolute Gasteiger partial charge is 0.111 e. The third-order valence-electron chi connectivity index (χ3n) is 2.47. The second-order valence-corrected chi connectivity index (χ2v) is 3.67. The minimum Gasteiger partial charge on any atom is -0.387 e. The van der Waals surface area contributed by atoms with E-state index >= 15 is 0 Å². The fourth-order valence-corrected chi connectivity index (χ4v) is 1.59. The largest absolute Gasteiger partial charge is 0.387 e. The predicted molar refractivity (Wildman–Crippen MR) is 49.7 cm³/mol. The highest BCUT2D eigenvalue weighted by molar-refractivity contribution is 4.96. The summed E-state index contributed by atoms with van der Waals surface area (Å²) in [6, 6.07) is 0.281. The number of aliphatic hydroxyl groups is 1. The number of hydrogen-bond donors (Lipinski definition) is 1. The van der Waals surface area contributed by atoms with Crippen LogP contribution in [0.15, 0.2) is 6.20 Å². The van der Waals surface area contributed by atoms with Crippen LogP contribution in [0.3, 0.4) is 0 Å². The minimum atomic E-state index is -0.548. The molecule has 0 radical (unpaired) electrons. The van der Waals surface area contributed by atoms with Crippen molar-refractivity contribution in [2.75, 3.05) is 13.2 Å². The van der Waals surface area contributed by atoms with Crippen molar-refractivity contribution in [1.82, 2.24) is 15.0 Å². The molecule has 1 fully saturated rings. The van der Waals surface area contributed by atoms with Gasteiger partial charge in [-0.15, -0.1) is 5.10 Å². The predicted octanol–water partition coefficient (Wildman–Crippen LogP) is 0.683. The van der Waals surface area contributed by atoms with Crippen LogP contribution >= 0.6 is 0 Å². The molecule has 1 aromatic rings. The van der Waals surface area contributed by atoms with Gasteiger partial charge in [-0.05, 0) is 19.8 Å². The van der Waals surface area contributed by atoms with Crippen LogP contribution in [0.1, 0.15) is 37.6 Å². The first-order valence-electron chi connectivity index (χ1n) is 4.95. The highest BCUT2D eigenvalue weighted by Crippen LogP contribution is 2.19. The number of rotatable bonds is 2. The Morgan fingerprint density at radius 3 is 3.14 bits per heavy atom. The topological polar surface area (TPSA) is 60.2 Å². The number of nitrogens with zero attached hydrogens (tertiary/aromatic N) is 3. The van der Waals surface area contributed by atoms with Crippen LogP contribution in [0.5, 0.6) is 0 Å². The van der Waals surface area contributed by atoms with Gasteiger partial charge in [-0.25, -0.2) is 4.68 Å². The van der Waals surface area contributed by atoms with Crippen LogP contribution in [-0.2, 0) is 4.74 Å². The molecule has 1 unspecified atom stereocenters. The van der Waals surface area contributed by atoms with Crippen molar-refractivity contribution in [2.24, 2.45) is 0 Å². The fraction of sp³-hybridized carbons (Fsp3) is 0.778. The van der Waals surface area contributed by atoms with E-state index in [-0.39, 0.29) is 6.04 Å². The SMILES string of the molecule is C[C@@H](O)c1cn(C2CCCOC2)nn1. The number of aliphatic hydroxyl groups excluding tert-OH is 1. The van der Waals surface area contributed by atoms with E-state index in [9.17, 15) is 5.11 Å². The van der Waals surface area contributed by atoms with Gasteiger partial charge in [0.1, 0.15) is 5.69 Å². The van der Waals surface area contributed by atoms with Gasteiger partial charge in [0.05, 0.1) is 24.9 Å². The van der Waals surface area contributed by atoms with Gasteiger partial charge in [0.2, 0.25) is 0 Å². The lowest BCUT2D eigenvalue weighted by atomic mass is 10.1. The Bertz CT molecular complexity index is 292. The third-order valence-corrected chi connectivity index (χ3v) is 2.47. The average Bonchev–Trinajstić information content (AvgIpc) is 2.68. The van der Waals surface area contributed by atoms with E-state index in [2.05, 4.69) is 10.3 Å². The first kappa shape index (κ1) is 9.61. The van der Waals surface area contributed by atoms with Crippen molar-refractivity contribution in [3.8, 4) is 0 Å². The number of aromatic nitrogens is 3. The Morgan fingerprint density at radius 2 is 2.57 bits per heavy atom. The molecule has 1 aliphatic heterocycles. The summed E-state index contributed by atoms with van der Waals surface area (Å²) in [5.74, 6) is 0. The van der Waals surface area contributed by atoms with Gasteiger partial charge in [-0.2, -0.15) is 0 Å². The Morgan fingerprint density at radius 1 is 1.71 bits per heavy atom. The highest BCUT2D eigenvalue weighted by Gasteiger charge is 2.18. The van der Waals surface area contributed by atoms with Gasteiger partial charge in [0, 0.05) is 6.61 Å². The summed E-state index contributed by atoms with van der Waals surface area (Å²) in [7, 11) is 0. The molecule has 0 aromatic carbocycles. The normalized spacial score (nSPS) is 24.9. The Hall–Kier alpha value is -0.940. The molecular formula is C9H15N3O2. The van der Waals surface area contributed by atoms with Crippen molar-refractivity contribution in [1.29, 1.82) is 0 Å². The second kappa shape index (κ2) is 4.06. The molecule has 14 heavy (non-hydrogen) atoms.